The number of anilines is 2. The first kappa shape index (κ1) is 22.8. The van der Waals surface area contributed by atoms with Gasteiger partial charge in [-0.1, -0.05) is 32.9 Å². The van der Waals surface area contributed by atoms with E-state index in [2.05, 4.69) is 49.9 Å². The number of rotatable bonds is 4. The minimum atomic E-state index is -4.25. The van der Waals surface area contributed by atoms with E-state index in [0.717, 1.165) is 18.8 Å². The fraction of sp³-hybridized carbons (Fsp3) is 0.478. The Hall–Kier alpha value is -1.89. The molecular weight excluding hydrogens is 412 g/mol. The van der Waals surface area contributed by atoms with Crippen LogP contribution in [0.25, 0.3) is 0 Å². The Morgan fingerprint density at radius 2 is 1.47 bits per heavy atom. The Balaban J connectivity index is 1.68. The highest BCUT2D eigenvalue weighted by Gasteiger charge is 2.28. The van der Waals surface area contributed by atoms with Crippen molar-refractivity contribution in [3.8, 4) is 0 Å². The zero-order valence-electron chi connectivity index (χ0n) is 17.8. The van der Waals surface area contributed by atoms with Crippen molar-refractivity contribution in [2.24, 2.45) is 0 Å². The lowest BCUT2D eigenvalue weighted by atomic mass is 9.87. The van der Waals surface area contributed by atoms with Gasteiger partial charge >= 0.3 is 6.18 Å². The molecule has 0 spiro atoms. The lowest BCUT2D eigenvalue weighted by molar-refractivity contribution is -0.105. The van der Waals surface area contributed by atoms with Crippen LogP contribution in [0.15, 0.2) is 41.3 Å². The van der Waals surface area contributed by atoms with Gasteiger partial charge in [-0.05, 0) is 47.7 Å². The Morgan fingerprint density at radius 3 is 2.00 bits per heavy atom. The van der Waals surface area contributed by atoms with Crippen LogP contribution in [0.4, 0.5) is 28.9 Å². The standard InChI is InChI=1S/C23H28F4N2S/c1-16-13-19(24)20(14-21(16)30-15-23(25,26)27)29-11-9-28(10-12-29)18-7-5-17(6-8-18)22(2,3)4/h5-8,13-14H,9-12,15H2,1-4H3. The van der Waals surface area contributed by atoms with Crippen molar-refractivity contribution in [3.05, 3.63) is 53.3 Å². The Bertz CT molecular complexity index is 864. The van der Waals surface area contributed by atoms with Gasteiger partial charge < -0.3 is 9.80 Å². The van der Waals surface area contributed by atoms with Crippen LogP contribution < -0.4 is 9.80 Å². The van der Waals surface area contributed by atoms with Gasteiger partial charge in [-0.2, -0.15) is 13.2 Å². The summed E-state index contributed by atoms with van der Waals surface area (Å²) in [5, 5.41) is 0. The molecular formula is C23H28F4N2S. The minimum absolute atomic E-state index is 0.0992. The van der Waals surface area contributed by atoms with Crippen LogP contribution >= 0.6 is 11.8 Å². The summed E-state index contributed by atoms with van der Waals surface area (Å²) in [6.07, 6.45) is -4.25. The maximum Gasteiger partial charge on any atom is 0.398 e. The maximum atomic E-state index is 14.6. The number of benzene rings is 2. The van der Waals surface area contributed by atoms with Gasteiger partial charge in [0.05, 0.1) is 11.4 Å². The van der Waals surface area contributed by atoms with Crippen molar-refractivity contribution in [1.29, 1.82) is 0 Å². The molecule has 2 nitrogen and oxygen atoms in total. The lowest BCUT2D eigenvalue weighted by Gasteiger charge is -2.38. The number of hydrogen-bond acceptors (Lipinski definition) is 3. The molecule has 7 heteroatoms. The predicted octanol–water partition coefficient (Wildman–Crippen LogP) is 6.41. The van der Waals surface area contributed by atoms with Crippen molar-refractivity contribution in [1.82, 2.24) is 0 Å². The van der Waals surface area contributed by atoms with Gasteiger partial charge in [-0.15, -0.1) is 11.8 Å². The molecule has 0 unspecified atom stereocenters. The molecule has 1 aliphatic heterocycles. The topological polar surface area (TPSA) is 6.48 Å². The number of thioether (sulfide) groups is 1. The van der Waals surface area contributed by atoms with E-state index >= 15 is 0 Å². The third-order valence-electron chi connectivity index (χ3n) is 5.35. The van der Waals surface area contributed by atoms with Gasteiger partial charge in [0.1, 0.15) is 5.82 Å². The molecule has 0 radical (unpaired) electrons. The number of halogens is 4. The van der Waals surface area contributed by atoms with Gasteiger partial charge in [0.15, 0.2) is 0 Å². The first-order chi connectivity index (χ1) is 13.9. The summed E-state index contributed by atoms with van der Waals surface area (Å²) in [6.45, 7) is 10.9. The maximum absolute atomic E-state index is 14.6. The van der Waals surface area contributed by atoms with Crippen molar-refractivity contribution in [2.75, 3.05) is 41.7 Å². The molecule has 30 heavy (non-hydrogen) atoms. The Kier molecular flexibility index (Phi) is 6.60. The summed E-state index contributed by atoms with van der Waals surface area (Å²) in [6, 6.07) is 11.4. The van der Waals surface area contributed by atoms with Crippen molar-refractivity contribution in [3.63, 3.8) is 0 Å². The number of aryl methyl sites for hydroxylation is 1. The molecule has 0 saturated carbocycles. The molecule has 3 rings (SSSR count). The first-order valence-corrected chi connectivity index (χ1v) is 11.0. The van der Waals surface area contributed by atoms with E-state index in [1.807, 2.05) is 4.90 Å². The lowest BCUT2D eigenvalue weighted by Crippen LogP contribution is -2.46. The van der Waals surface area contributed by atoms with Gasteiger partial charge in [0.25, 0.3) is 0 Å². The molecule has 0 N–H and O–H groups in total. The van der Waals surface area contributed by atoms with E-state index in [1.165, 1.54) is 11.6 Å². The average Bonchev–Trinajstić information content (AvgIpc) is 2.66. The van der Waals surface area contributed by atoms with E-state index in [4.69, 9.17) is 0 Å². The van der Waals surface area contributed by atoms with E-state index in [9.17, 15) is 17.6 Å². The fourth-order valence-electron chi connectivity index (χ4n) is 3.58. The second kappa shape index (κ2) is 8.69. The van der Waals surface area contributed by atoms with Crippen molar-refractivity contribution < 1.29 is 17.6 Å². The summed E-state index contributed by atoms with van der Waals surface area (Å²) in [7, 11) is 0. The number of hydrogen-bond donors (Lipinski definition) is 0. The molecule has 0 amide bonds. The van der Waals surface area contributed by atoms with Crippen LogP contribution in [0.5, 0.6) is 0 Å². The molecule has 1 aliphatic rings. The molecule has 0 atom stereocenters. The number of nitrogens with zero attached hydrogens (tertiary/aromatic N) is 2. The number of piperazine rings is 1. The second-order valence-electron chi connectivity index (χ2n) is 8.74. The highest BCUT2D eigenvalue weighted by Crippen LogP contribution is 2.34. The van der Waals surface area contributed by atoms with Gasteiger partial charge in [-0.3, -0.25) is 0 Å². The van der Waals surface area contributed by atoms with E-state index < -0.39 is 11.9 Å². The van der Waals surface area contributed by atoms with E-state index in [0.29, 0.717) is 41.0 Å². The summed E-state index contributed by atoms with van der Waals surface area (Å²) < 4.78 is 52.4. The van der Waals surface area contributed by atoms with E-state index in [-0.39, 0.29) is 11.2 Å². The molecule has 0 bridgehead atoms. The SMILES string of the molecule is Cc1cc(F)c(N2CCN(c3ccc(C(C)(C)C)cc3)CC2)cc1SCC(F)(F)F. The van der Waals surface area contributed by atoms with E-state index in [1.54, 1.807) is 13.0 Å². The van der Waals surface area contributed by atoms with Crippen LogP contribution in [0, 0.1) is 12.7 Å². The highest BCUT2D eigenvalue weighted by molar-refractivity contribution is 7.99. The van der Waals surface area contributed by atoms with Crippen LogP contribution in [0.3, 0.4) is 0 Å². The molecule has 1 heterocycles. The molecule has 2 aromatic rings. The normalized spacial score (nSPS) is 15.6. The minimum Gasteiger partial charge on any atom is -0.368 e. The molecule has 0 aliphatic carbocycles. The summed E-state index contributed by atoms with van der Waals surface area (Å²) in [5.74, 6) is -1.36. The molecule has 0 aromatic heterocycles. The Labute approximate surface area is 180 Å². The summed E-state index contributed by atoms with van der Waals surface area (Å²) in [4.78, 5) is 4.66. The largest absolute Gasteiger partial charge is 0.398 e. The van der Waals surface area contributed by atoms with Crippen molar-refractivity contribution in [2.45, 2.75) is 44.2 Å². The van der Waals surface area contributed by atoms with Crippen LogP contribution in [-0.4, -0.2) is 38.1 Å². The second-order valence-corrected chi connectivity index (χ2v) is 9.76. The van der Waals surface area contributed by atoms with Crippen LogP contribution in [0.2, 0.25) is 0 Å². The monoisotopic (exact) mass is 440 g/mol. The van der Waals surface area contributed by atoms with Crippen molar-refractivity contribution >= 4 is 23.1 Å². The van der Waals surface area contributed by atoms with Gasteiger partial charge in [0.2, 0.25) is 0 Å². The fourth-order valence-corrected chi connectivity index (χ4v) is 4.38. The van der Waals surface area contributed by atoms with Gasteiger partial charge in [-0.25, -0.2) is 4.39 Å². The first-order valence-electron chi connectivity index (χ1n) is 10.0. The zero-order valence-corrected chi connectivity index (χ0v) is 18.6. The number of alkyl halides is 3. The molecule has 2 aromatic carbocycles. The average molecular weight is 441 g/mol. The Morgan fingerprint density at radius 1 is 0.900 bits per heavy atom. The quantitative estimate of drug-likeness (QED) is 0.401. The third-order valence-corrected chi connectivity index (χ3v) is 6.58. The highest BCUT2D eigenvalue weighted by atomic mass is 32.2. The smallest absolute Gasteiger partial charge is 0.368 e. The van der Waals surface area contributed by atoms with Gasteiger partial charge in [0, 0.05) is 36.8 Å². The molecule has 164 valence electrons. The third kappa shape index (κ3) is 5.62. The summed E-state index contributed by atoms with van der Waals surface area (Å²) in [5.41, 5.74) is 3.42. The van der Waals surface area contributed by atoms with Crippen LogP contribution in [-0.2, 0) is 5.41 Å². The predicted molar refractivity (Wildman–Crippen MR) is 117 cm³/mol. The molecule has 1 fully saturated rings. The summed E-state index contributed by atoms with van der Waals surface area (Å²) >= 11 is 0.713. The molecule has 1 saturated heterocycles. The van der Waals surface area contributed by atoms with Crippen LogP contribution in [0.1, 0.15) is 31.9 Å². The zero-order chi connectivity index (χ0) is 22.1.